The first kappa shape index (κ1) is 17.8. The van der Waals surface area contributed by atoms with Crippen LogP contribution in [0.15, 0.2) is 24.3 Å². The fourth-order valence-electron chi connectivity index (χ4n) is 2.85. The van der Waals surface area contributed by atoms with Gasteiger partial charge >= 0.3 is 0 Å². The van der Waals surface area contributed by atoms with Crippen LogP contribution >= 0.6 is 12.4 Å². The number of nitrogens with two attached hydrogens (primary N) is 1. The Morgan fingerprint density at radius 1 is 1.43 bits per heavy atom. The van der Waals surface area contributed by atoms with Gasteiger partial charge in [0.1, 0.15) is 5.75 Å². The fourth-order valence-corrected chi connectivity index (χ4v) is 2.85. The van der Waals surface area contributed by atoms with Crippen LogP contribution in [0.5, 0.6) is 5.75 Å². The maximum Gasteiger partial charge on any atom is 0.239 e. The minimum atomic E-state index is -0.362. The lowest BCUT2D eigenvalue weighted by atomic mass is 10.0. The molecule has 1 aliphatic rings. The normalized spacial score (nSPS) is 19.0. The first-order chi connectivity index (χ1) is 9.67. The molecule has 0 aromatic heterocycles. The molecule has 2 atom stereocenters. The Morgan fingerprint density at radius 2 is 2.10 bits per heavy atom. The fraction of sp³-hybridized carbons (Fsp3) is 0.562. The molecule has 1 fully saturated rings. The van der Waals surface area contributed by atoms with Gasteiger partial charge in [0.15, 0.2) is 0 Å². The summed E-state index contributed by atoms with van der Waals surface area (Å²) in [4.78, 5) is 14.4. The van der Waals surface area contributed by atoms with Crippen LogP contribution in [0.2, 0.25) is 0 Å². The summed E-state index contributed by atoms with van der Waals surface area (Å²) >= 11 is 0. The summed E-state index contributed by atoms with van der Waals surface area (Å²) in [6.07, 6.45) is 3.75. The molecule has 1 aromatic rings. The minimum absolute atomic E-state index is 0. The average Bonchev–Trinajstić information content (AvgIpc) is 2.96. The molecule has 0 bridgehead atoms. The lowest BCUT2D eigenvalue weighted by molar-refractivity contribution is -0.133. The number of benzene rings is 1. The number of carbonyl (C=O) groups is 1. The Labute approximate surface area is 133 Å². The van der Waals surface area contributed by atoms with E-state index < -0.39 is 0 Å². The van der Waals surface area contributed by atoms with Crippen LogP contribution in [0.4, 0.5) is 0 Å². The second-order valence-corrected chi connectivity index (χ2v) is 5.36. The zero-order chi connectivity index (χ0) is 14.5. The van der Waals surface area contributed by atoms with Crippen LogP contribution in [0, 0.1) is 0 Å². The van der Waals surface area contributed by atoms with E-state index in [2.05, 4.69) is 6.92 Å². The summed E-state index contributed by atoms with van der Waals surface area (Å²) in [5.74, 6) is 0.928. The van der Waals surface area contributed by atoms with Gasteiger partial charge in [-0.3, -0.25) is 4.79 Å². The first-order valence-electron chi connectivity index (χ1n) is 7.37. The summed E-state index contributed by atoms with van der Waals surface area (Å²) in [6, 6.07) is 7.78. The number of carbonyl (C=O) groups excluding carboxylic acids is 1. The topological polar surface area (TPSA) is 55.6 Å². The van der Waals surface area contributed by atoms with E-state index in [1.165, 1.54) is 5.56 Å². The monoisotopic (exact) mass is 312 g/mol. The van der Waals surface area contributed by atoms with E-state index in [9.17, 15) is 4.79 Å². The Morgan fingerprint density at radius 3 is 2.67 bits per heavy atom. The van der Waals surface area contributed by atoms with Gasteiger partial charge < -0.3 is 15.4 Å². The van der Waals surface area contributed by atoms with Crippen molar-refractivity contribution in [2.24, 2.45) is 5.73 Å². The molecule has 1 saturated heterocycles. The first-order valence-corrected chi connectivity index (χ1v) is 7.37. The minimum Gasteiger partial charge on any atom is -0.497 e. The molecule has 1 aliphatic heterocycles. The van der Waals surface area contributed by atoms with Crippen LogP contribution in [-0.2, 0) is 4.79 Å². The SMILES string of the molecule is CCCC(N)C(=O)N1CCCC1c1ccc(OC)cc1.Cl. The molecule has 0 radical (unpaired) electrons. The van der Waals surface area contributed by atoms with E-state index >= 15 is 0 Å². The van der Waals surface area contributed by atoms with Gasteiger partial charge in [-0.05, 0) is 37.0 Å². The van der Waals surface area contributed by atoms with Crippen LogP contribution in [0.25, 0.3) is 0 Å². The quantitative estimate of drug-likeness (QED) is 0.909. The van der Waals surface area contributed by atoms with E-state index in [0.29, 0.717) is 0 Å². The number of methoxy groups -OCH3 is 1. The van der Waals surface area contributed by atoms with E-state index in [1.807, 2.05) is 29.2 Å². The second-order valence-electron chi connectivity index (χ2n) is 5.36. The van der Waals surface area contributed by atoms with Gasteiger partial charge in [0.25, 0.3) is 0 Å². The van der Waals surface area contributed by atoms with Crippen molar-refractivity contribution in [2.45, 2.75) is 44.7 Å². The molecule has 2 rings (SSSR count). The van der Waals surface area contributed by atoms with Gasteiger partial charge in [-0.2, -0.15) is 0 Å². The van der Waals surface area contributed by atoms with E-state index in [4.69, 9.17) is 10.5 Å². The predicted molar refractivity (Wildman–Crippen MR) is 86.8 cm³/mol. The highest BCUT2D eigenvalue weighted by Gasteiger charge is 2.32. The highest BCUT2D eigenvalue weighted by molar-refractivity contribution is 5.85. The van der Waals surface area contributed by atoms with E-state index in [1.54, 1.807) is 7.11 Å². The highest BCUT2D eigenvalue weighted by atomic mass is 35.5. The number of likely N-dealkylation sites (tertiary alicyclic amines) is 1. The van der Waals surface area contributed by atoms with Crippen LogP contribution in [0.1, 0.15) is 44.2 Å². The van der Waals surface area contributed by atoms with Gasteiger partial charge in [0.2, 0.25) is 5.91 Å². The van der Waals surface area contributed by atoms with Crippen molar-refractivity contribution in [3.05, 3.63) is 29.8 Å². The molecule has 0 saturated carbocycles. The summed E-state index contributed by atoms with van der Waals surface area (Å²) in [5, 5.41) is 0. The number of rotatable bonds is 5. The van der Waals surface area contributed by atoms with Gasteiger partial charge in [-0.15, -0.1) is 12.4 Å². The number of hydrogen-bond acceptors (Lipinski definition) is 3. The van der Waals surface area contributed by atoms with Crippen molar-refractivity contribution in [1.82, 2.24) is 4.90 Å². The zero-order valence-electron chi connectivity index (χ0n) is 12.7. The number of hydrogen-bond donors (Lipinski definition) is 1. The van der Waals surface area contributed by atoms with Gasteiger partial charge in [0, 0.05) is 6.54 Å². The summed E-state index contributed by atoms with van der Waals surface area (Å²) in [6.45, 7) is 2.87. The molecule has 2 unspecified atom stereocenters. The molecule has 1 aromatic carbocycles. The molecule has 0 aliphatic carbocycles. The van der Waals surface area contributed by atoms with Crippen molar-refractivity contribution in [2.75, 3.05) is 13.7 Å². The molecule has 21 heavy (non-hydrogen) atoms. The second kappa shape index (κ2) is 8.25. The number of nitrogens with zero attached hydrogens (tertiary/aromatic N) is 1. The summed E-state index contributed by atoms with van der Waals surface area (Å²) in [5.41, 5.74) is 7.15. The van der Waals surface area contributed by atoms with Crippen LogP contribution in [0.3, 0.4) is 0 Å². The Hall–Kier alpha value is -1.26. The van der Waals surface area contributed by atoms with E-state index in [-0.39, 0.29) is 30.4 Å². The highest BCUT2D eigenvalue weighted by Crippen LogP contribution is 2.33. The standard InChI is InChI=1S/C16H24N2O2.ClH/c1-3-5-14(17)16(19)18-11-4-6-15(18)12-7-9-13(20-2)10-8-12;/h7-10,14-15H,3-6,11,17H2,1-2H3;1H. The van der Waals surface area contributed by atoms with Gasteiger partial charge in [0.05, 0.1) is 19.2 Å². The Bertz CT molecular complexity index is 450. The van der Waals surface area contributed by atoms with Gasteiger partial charge in [-0.25, -0.2) is 0 Å². The molecular weight excluding hydrogens is 288 g/mol. The summed E-state index contributed by atoms with van der Waals surface area (Å²) < 4.78 is 5.18. The number of halogens is 1. The van der Waals surface area contributed by atoms with Crippen LogP contribution in [-0.4, -0.2) is 30.5 Å². The third-order valence-electron chi connectivity index (χ3n) is 3.95. The maximum absolute atomic E-state index is 12.4. The lowest BCUT2D eigenvalue weighted by Crippen LogP contribution is -2.43. The predicted octanol–water partition coefficient (Wildman–Crippen LogP) is 2.91. The maximum atomic E-state index is 12.4. The van der Waals surface area contributed by atoms with Gasteiger partial charge in [-0.1, -0.05) is 25.5 Å². The molecule has 5 heteroatoms. The zero-order valence-corrected chi connectivity index (χ0v) is 13.6. The lowest BCUT2D eigenvalue weighted by Gasteiger charge is -2.27. The average molecular weight is 313 g/mol. The smallest absolute Gasteiger partial charge is 0.239 e. The number of ether oxygens (including phenoxy) is 1. The summed E-state index contributed by atoms with van der Waals surface area (Å²) in [7, 11) is 1.66. The molecule has 4 nitrogen and oxygen atoms in total. The third kappa shape index (κ3) is 4.11. The van der Waals surface area contributed by atoms with Crippen molar-refractivity contribution in [1.29, 1.82) is 0 Å². The largest absolute Gasteiger partial charge is 0.497 e. The van der Waals surface area contributed by atoms with Crippen molar-refractivity contribution >= 4 is 18.3 Å². The molecule has 0 spiro atoms. The van der Waals surface area contributed by atoms with Crippen LogP contribution < -0.4 is 10.5 Å². The van der Waals surface area contributed by atoms with Crippen molar-refractivity contribution < 1.29 is 9.53 Å². The molecule has 1 amide bonds. The van der Waals surface area contributed by atoms with Crippen molar-refractivity contribution in [3.63, 3.8) is 0 Å². The Kier molecular flexibility index (Phi) is 6.99. The molecular formula is C16H25ClN2O2. The molecule has 1 heterocycles. The molecule has 2 N–H and O–H groups in total. The molecule has 118 valence electrons. The van der Waals surface area contributed by atoms with Crippen molar-refractivity contribution in [3.8, 4) is 5.75 Å². The van der Waals surface area contributed by atoms with E-state index in [0.717, 1.165) is 38.0 Å². The third-order valence-corrected chi connectivity index (χ3v) is 3.95. The number of amides is 1. The Balaban J connectivity index is 0.00000220.